The first kappa shape index (κ1) is 16.3. The lowest BCUT2D eigenvalue weighted by Crippen LogP contribution is -2.21. The SMILES string of the molecule is O=C(O)CCCn1cnc2ccc(Sc3ccccc3)cc2c1=O. The molecule has 0 bridgehead atoms. The van der Waals surface area contributed by atoms with E-state index in [0.29, 0.717) is 23.9 Å². The van der Waals surface area contributed by atoms with Gasteiger partial charge in [0.15, 0.2) is 0 Å². The molecule has 24 heavy (non-hydrogen) atoms. The number of aromatic nitrogens is 2. The molecule has 0 aliphatic carbocycles. The molecule has 0 radical (unpaired) electrons. The van der Waals surface area contributed by atoms with Crippen molar-refractivity contribution in [2.24, 2.45) is 0 Å². The van der Waals surface area contributed by atoms with E-state index in [1.165, 1.54) is 10.9 Å². The summed E-state index contributed by atoms with van der Waals surface area (Å²) < 4.78 is 1.47. The Hall–Kier alpha value is -2.60. The molecule has 0 aliphatic heterocycles. The molecule has 0 fully saturated rings. The topological polar surface area (TPSA) is 72.2 Å². The number of aryl methyl sites for hydroxylation is 1. The van der Waals surface area contributed by atoms with Crippen LogP contribution in [0.1, 0.15) is 12.8 Å². The highest BCUT2D eigenvalue weighted by molar-refractivity contribution is 7.99. The molecule has 0 amide bonds. The van der Waals surface area contributed by atoms with Crippen LogP contribution in [-0.4, -0.2) is 20.6 Å². The van der Waals surface area contributed by atoms with Gasteiger partial charge in [0.05, 0.1) is 17.2 Å². The van der Waals surface area contributed by atoms with Crippen LogP contribution < -0.4 is 5.56 Å². The summed E-state index contributed by atoms with van der Waals surface area (Å²) in [6.45, 7) is 0.351. The van der Waals surface area contributed by atoms with Gasteiger partial charge >= 0.3 is 5.97 Å². The standard InChI is InChI=1S/C18H16N2O3S/c21-17(22)7-4-10-20-12-19-16-9-8-14(11-15(16)18(20)23)24-13-5-2-1-3-6-13/h1-3,5-6,8-9,11-12H,4,7,10H2,(H,21,22). The highest BCUT2D eigenvalue weighted by Crippen LogP contribution is 2.28. The first-order valence-corrected chi connectivity index (χ1v) is 8.39. The molecule has 0 spiro atoms. The molecule has 3 rings (SSSR count). The van der Waals surface area contributed by atoms with Gasteiger partial charge in [0, 0.05) is 22.8 Å². The maximum Gasteiger partial charge on any atom is 0.303 e. The second kappa shape index (κ2) is 7.31. The van der Waals surface area contributed by atoms with E-state index < -0.39 is 5.97 Å². The van der Waals surface area contributed by atoms with Crippen molar-refractivity contribution in [2.75, 3.05) is 0 Å². The Kier molecular flexibility index (Phi) is 4.96. The van der Waals surface area contributed by atoms with Crippen LogP contribution in [0.15, 0.2) is 69.4 Å². The van der Waals surface area contributed by atoms with Gasteiger partial charge in [-0.1, -0.05) is 30.0 Å². The predicted molar refractivity (Wildman–Crippen MR) is 93.4 cm³/mol. The summed E-state index contributed by atoms with van der Waals surface area (Å²) in [4.78, 5) is 29.5. The van der Waals surface area contributed by atoms with Gasteiger partial charge in [0.25, 0.3) is 5.56 Å². The number of aliphatic carboxylic acids is 1. The summed E-state index contributed by atoms with van der Waals surface area (Å²) in [6.07, 6.45) is 1.92. The highest BCUT2D eigenvalue weighted by Gasteiger charge is 2.07. The van der Waals surface area contributed by atoms with Crippen molar-refractivity contribution in [3.8, 4) is 0 Å². The minimum absolute atomic E-state index is 0.0361. The fraction of sp³-hybridized carbons (Fsp3) is 0.167. The molecule has 0 aliphatic rings. The molecule has 6 heteroatoms. The van der Waals surface area contributed by atoms with Crippen molar-refractivity contribution >= 4 is 28.6 Å². The molecular weight excluding hydrogens is 324 g/mol. The Balaban J connectivity index is 1.88. The lowest BCUT2D eigenvalue weighted by atomic mass is 10.2. The van der Waals surface area contributed by atoms with Gasteiger partial charge in [-0.05, 0) is 36.8 Å². The third-order valence-corrected chi connectivity index (χ3v) is 4.56. The van der Waals surface area contributed by atoms with Crippen LogP contribution in [0, 0.1) is 0 Å². The quantitative estimate of drug-likeness (QED) is 0.744. The lowest BCUT2D eigenvalue weighted by Gasteiger charge is -2.07. The van der Waals surface area contributed by atoms with Crippen molar-refractivity contribution in [2.45, 2.75) is 29.2 Å². The van der Waals surface area contributed by atoms with Gasteiger partial charge in [-0.3, -0.25) is 14.2 Å². The third kappa shape index (κ3) is 3.83. The Morgan fingerprint density at radius 3 is 2.67 bits per heavy atom. The van der Waals surface area contributed by atoms with Crippen LogP contribution in [0.3, 0.4) is 0 Å². The smallest absolute Gasteiger partial charge is 0.303 e. The Morgan fingerprint density at radius 2 is 1.92 bits per heavy atom. The molecule has 0 saturated heterocycles. The number of hydrogen-bond acceptors (Lipinski definition) is 4. The summed E-state index contributed by atoms with van der Waals surface area (Å²) in [5.41, 5.74) is 0.507. The number of fused-ring (bicyclic) bond motifs is 1. The van der Waals surface area contributed by atoms with Crippen LogP contribution in [0.2, 0.25) is 0 Å². The summed E-state index contributed by atoms with van der Waals surface area (Å²) in [5.74, 6) is -0.863. The number of benzene rings is 2. The molecule has 3 aromatic rings. The summed E-state index contributed by atoms with van der Waals surface area (Å²) >= 11 is 1.59. The highest BCUT2D eigenvalue weighted by atomic mass is 32.2. The summed E-state index contributed by atoms with van der Waals surface area (Å²) in [7, 11) is 0. The van der Waals surface area contributed by atoms with Crippen molar-refractivity contribution in [3.05, 3.63) is 65.2 Å². The number of nitrogens with zero attached hydrogens (tertiary/aromatic N) is 2. The Bertz CT molecular complexity index is 922. The van der Waals surface area contributed by atoms with Crippen LogP contribution in [0.25, 0.3) is 10.9 Å². The normalized spacial score (nSPS) is 10.8. The van der Waals surface area contributed by atoms with E-state index in [4.69, 9.17) is 5.11 Å². The molecule has 0 unspecified atom stereocenters. The number of rotatable bonds is 6. The van der Waals surface area contributed by atoms with Crippen LogP contribution in [0.4, 0.5) is 0 Å². The maximum absolute atomic E-state index is 12.6. The first-order chi connectivity index (χ1) is 11.6. The van der Waals surface area contributed by atoms with E-state index in [1.54, 1.807) is 11.8 Å². The second-order valence-corrected chi connectivity index (χ2v) is 6.48. The molecule has 0 atom stereocenters. The van der Waals surface area contributed by atoms with E-state index >= 15 is 0 Å². The van der Waals surface area contributed by atoms with E-state index in [-0.39, 0.29) is 12.0 Å². The summed E-state index contributed by atoms with van der Waals surface area (Å²) in [5, 5.41) is 9.25. The molecule has 2 aromatic carbocycles. The zero-order chi connectivity index (χ0) is 16.9. The van der Waals surface area contributed by atoms with Crippen molar-refractivity contribution in [1.29, 1.82) is 0 Å². The van der Waals surface area contributed by atoms with Gasteiger partial charge in [-0.2, -0.15) is 0 Å². The van der Waals surface area contributed by atoms with E-state index in [9.17, 15) is 9.59 Å². The number of carboxylic acid groups (broad SMARTS) is 1. The van der Waals surface area contributed by atoms with Crippen molar-refractivity contribution in [3.63, 3.8) is 0 Å². The monoisotopic (exact) mass is 340 g/mol. The van der Waals surface area contributed by atoms with Gasteiger partial charge in [0.2, 0.25) is 0 Å². The zero-order valence-electron chi connectivity index (χ0n) is 12.9. The first-order valence-electron chi connectivity index (χ1n) is 7.57. The van der Waals surface area contributed by atoms with Crippen LogP contribution in [0.5, 0.6) is 0 Å². The molecule has 5 nitrogen and oxygen atoms in total. The third-order valence-electron chi connectivity index (χ3n) is 3.56. The molecule has 1 aromatic heterocycles. The zero-order valence-corrected chi connectivity index (χ0v) is 13.7. The van der Waals surface area contributed by atoms with Crippen LogP contribution in [-0.2, 0) is 11.3 Å². The van der Waals surface area contributed by atoms with Gasteiger partial charge in [-0.15, -0.1) is 0 Å². The Labute approximate surface area is 143 Å². The molecule has 0 saturated carbocycles. The van der Waals surface area contributed by atoms with Crippen molar-refractivity contribution < 1.29 is 9.90 Å². The number of carbonyl (C=O) groups is 1. The predicted octanol–water partition coefficient (Wildman–Crippen LogP) is 3.41. The fourth-order valence-electron chi connectivity index (χ4n) is 2.39. The number of hydrogen-bond donors (Lipinski definition) is 1. The van der Waals surface area contributed by atoms with Crippen molar-refractivity contribution in [1.82, 2.24) is 9.55 Å². The average Bonchev–Trinajstić information content (AvgIpc) is 2.58. The minimum atomic E-state index is -0.863. The number of carboxylic acids is 1. The Morgan fingerprint density at radius 1 is 1.12 bits per heavy atom. The van der Waals surface area contributed by atoms with E-state index in [0.717, 1.165) is 9.79 Å². The summed E-state index contributed by atoms with van der Waals surface area (Å²) in [6, 6.07) is 15.6. The molecule has 1 heterocycles. The molecule has 122 valence electrons. The molecular formula is C18H16N2O3S. The fourth-order valence-corrected chi connectivity index (χ4v) is 3.26. The van der Waals surface area contributed by atoms with Crippen LogP contribution >= 0.6 is 11.8 Å². The van der Waals surface area contributed by atoms with E-state index in [2.05, 4.69) is 4.98 Å². The molecule has 1 N–H and O–H groups in total. The van der Waals surface area contributed by atoms with Gasteiger partial charge in [-0.25, -0.2) is 4.98 Å². The van der Waals surface area contributed by atoms with E-state index in [1.807, 2.05) is 48.5 Å². The second-order valence-electron chi connectivity index (χ2n) is 5.33. The van der Waals surface area contributed by atoms with Gasteiger partial charge in [0.1, 0.15) is 0 Å². The lowest BCUT2D eigenvalue weighted by molar-refractivity contribution is -0.137. The minimum Gasteiger partial charge on any atom is -0.481 e. The average molecular weight is 340 g/mol. The maximum atomic E-state index is 12.6. The largest absolute Gasteiger partial charge is 0.481 e. The van der Waals surface area contributed by atoms with Gasteiger partial charge < -0.3 is 5.11 Å².